The van der Waals surface area contributed by atoms with Gasteiger partial charge in [0.25, 0.3) is 0 Å². The van der Waals surface area contributed by atoms with Crippen LogP contribution in [0.5, 0.6) is 11.5 Å². The van der Waals surface area contributed by atoms with E-state index in [2.05, 4.69) is 15.9 Å². The first-order chi connectivity index (χ1) is 13.9. The first-order valence-corrected chi connectivity index (χ1v) is 10.3. The Labute approximate surface area is 182 Å². The second kappa shape index (κ2) is 10.1. The molecule has 3 rings (SSSR count). The lowest BCUT2D eigenvalue weighted by atomic mass is 10.2. The lowest BCUT2D eigenvalue weighted by molar-refractivity contribution is -0.141. The van der Waals surface area contributed by atoms with Crippen molar-refractivity contribution in [2.45, 2.75) is 32.0 Å². The van der Waals surface area contributed by atoms with Gasteiger partial charge in [-0.15, -0.1) is 0 Å². The molecule has 1 saturated heterocycles. The van der Waals surface area contributed by atoms with Crippen molar-refractivity contribution in [3.63, 3.8) is 0 Å². The number of hydrogen-bond acceptors (Lipinski definition) is 6. The van der Waals surface area contributed by atoms with E-state index in [9.17, 15) is 9.59 Å². The van der Waals surface area contributed by atoms with E-state index in [4.69, 9.17) is 30.5 Å². The van der Waals surface area contributed by atoms with Crippen LogP contribution in [0.25, 0.3) is 0 Å². The number of ether oxygens (including phenoxy) is 4. The van der Waals surface area contributed by atoms with Crippen LogP contribution in [0, 0.1) is 0 Å². The Kier molecular flexibility index (Phi) is 7.52. The number of hydrogen-bond donors (Lipinski definition) is 0. The molecular weight excluding hydrogens is 464 g/mol. The maximum atomic E-state index is 12.3. The molecule has 6 nitrogen and oxygen atoms in total. The minimum Gasteiger partial charge on any atom is -0.478 e. The first kappa shape index (κ1) is 21.6. The predicted molar refractivity (Wildman–Crippen MR) is 111 cm³/mol. The van der Waals surface area contributed by atoms with E-state index in [1.54, 1.807) is 37.3 Å². The van der Waals surface area contributed by atoms with Crippen molar-refractivity contribution in [1.29, 1.82) is 0 Å². The fraction of sp³-hybridized carbons (Fsp3) is 0.333. The smallest absolute Gasteiger partial charge is 0.352 e. The molecule has 0 radical (unpaired) electrons. The van der Waals surface area contributed by atoms with E-state index in [0.717, 1.165) is 12.8 Å². The minimum atomic E-state index is -0.844. The summed E-state index contributed by atoms with van der Waals surface area (Å²) in [4.78, 5) is 24.4. The molecule has 0 N–H and O–H groups in total. The molecule has 0 saturated carbocycles. The molecule has 0 aliphatic carbocycles. The van der Waals surface area contributed by atoms with Gasteiger partial charge in [0, 0.05) is 11.6 Å². The summed E-state index contributed by atoms with van der Waals surface area (Å²) in [5.41, 5.74) is 0.372. The van der Waals surface area contributed by atoms with Gasteiger partial charge in [0.2, 0.25) is 0 Å². The molecular formula is C21H20BrClO6. The Balaban J connectivity index is 1.51. The molecule has 2 aromatic rings. The zero-order chi connectivity index (χ0) is 20.8. The van der Waals surface area contributed by atoms with Crippen LogP contribution in [0.15, 0.2) is 46.9 Å². The fourth-order valence-electron chi connectivity index (χ4n) is 2.70. The standard InChI is InChI=1S/C21H20BrClO6/c1-13(28-19-9-6-15(23)11-18(19)22)20(24)29-16-7-4-14(5-8-16)21(25)27-12-17-3-2-10-26-17/h4-9,11,13,17H,2-3,10,12H2,1H3. The number of rotatable bonds is 7. The zero-order valence-electron chi connectivity index (χ0n) is 15.7. The van der Waals surface area contributed by atoms with Gasteiger partial charge in [0.05, 0.1) is 16.1 Å². The highest BCUT2D eigenvalue weighted by molar-refractivity contribution is 9.10. The van der Waals surface area contributed by atoms with Gasteiger partial charge in [-0.25, -0.2) is 9.59 Å². The molecule has 29 heavy (non-hydrogen) atoms. The Morgan fingerprint density at radius 1 is 1.24 bits per heavy atom. The Morgan fingerprint density at radius 2 is 2.00 bits per heavy atom. The van der Waals surface area contributed by atoms with Crippen molar-refractivity contribution in [2.24, 2.45) is 0 Å². The van der Waals surface area contributed by atoms with Gasteiger partial charge in [-0.2, -0.15) is 0 Å². The molecule has 2 atom stereocenters. The summed E-state index contributed by atoms with van der Waals surface area (Å²) in [7, 11) is 0. The normalized spacial score (nSPS) is 16.9. The summed E-state index contributed by atoms with van der Waals surface area (Å²) < 4.78 is 22.2. The molecule has 1 fully saturated rings. The van der Waals surface area contributed by atoms with E-state index < -0.39 is 18.0 Å². The molecule has 8 heteroatoms. The van der Waals surface area contributed by atoms with Gasteiger partial charge in [-0.1, -0.05) is 11.6 Å². The second-order valence-corrected chi connectivity index (χ2v) is 7.80. The minimum absolute atomic E-state index is 0.0265. The van der Waals surface area contributed by atoms with E-state index in [-0.39, 0.29) is 12.7 Å². The molecule has 2 unspecified atom stereocenters. The van der Waals surface area contributed by atoms with Crippen LogP contribution in [0.4, 0.5) is 0 Å². The molecule has 1 aliphatic heterocycles. The third kappa shape index (κ3) is 6.19. The van der Waals surface area contributed by atoms with Crippen molar-refractivity contribution in [2.75, 3.05) is 13.2 Å². The number of carbonyl (C=O) groups excluding carboxylic acids is 2. The molecule has 0 amide bonds. The SMILES string of the molecule is CC(Oc1ccc(Cl)cc1Br)C(=O)Oc1ccc(C(=O)OCC2CCCO2)cc1. The average Bonchev–Trinajstić information content (AvgIpc) is 3.22. The fourth-order valence-corrected chi connectivity index (χ4v) is 3.47. The lowest BCUT2D eigenvalue weighted by Gasteiger charge is -2.15. The summed E-state index contributed by atoms with van der Waals surface area (Å²) in [6, 6.07) is 11.1. The largest absolute Gasteiger partial charge is 0.478 e. The van der Waals surface area contributed by atoms with E-state index in [1.807, 2.05) is 0 Å². The van der Waals surface area contributed by atoms with E-state index >= 15 is 0 Å². The maximum absolute atomic E-state index is 12.3. The van der Waals surface area contributed by atoms with Crippen LogP contribution in [0.2, 0.25) is 5.02 Å². The molecule has 0 spiro atoms. The van der Waals surface area contributed by atoms with Crippen LogP contribution in [0.3, 0.4) is 0 Å². The number of carbonyl (C=O) groups is 2. The van der Waals surface area contributed by atoms with Gasteiger partial charge >= 0.3 is 11.9 Å². The molecule has 1 aliphatic rings. The molecule has 1 heterocycles. The summed E-state index contributed by atoms with van der Waals surface area (Å²) in [6.07, 6.45) is 1.01. The monoisotopic (exact) mass is 482 g/mol. The van der Waals surface area contributed by atoms with Crippen LogP contribution in [-0.2, 0) is 14.3 Å². The van der Waals surface area contributed by atoms with Crippen molar-refractivity contribution in [3.05, 3.63) is 57.5 Å². The Bertz CT molecular complexity index is 864. The molecule has 0 bridgehead atoms. The first-order valence-electron chi connectivity index (χ1n) is 9.14. The molecule has 0 aromatic heterocycles. The van der Waals surface area contributed by atoms with Crippen molar-refractivity contribution < 1.29 is 28.5 Å². The van der Waals surface area contributed by atoms with Gasteiger partial charge in [-0.05, 0) is 78.2 Å². The molecule has 154 valence electrons. The quantitative estimate of drug-likeness (QED) is 0.416. The van der Waals surface area contributed by atoms with Gasteiger partial charge in [-0.3, -0.25) is 0 Å². The highest BCUT2D eigenvalue weighted by atomic mass is 79.9. The average molecular weight is 484 g/mol. The predicted octanol–water partition coefficient (Wildman–Crippen LogP) is 4.81. The van der Waals surface area contributed by atoms with Crippen molar-refractivity contribution in [1.82, 2.24) is 0 Å². The van der Waals surface area contributed by atoms with E-state index in [1.165, 1.54) is 12.1 Å². The molecule has 2 aromatic carbocycles. The van der Waals surface area contributed by atoms with Crippen LogP contribution in [-0.4, -0.2) is 37.4 Å². The Morgan fingerprint density at radius 3 is 2.66 bits per heavy atom. The highest BCUT2D eigenvalue weighted by Gasteiger charge is 2.20. The van der Waals surface area contributed by atoms with Gasteiger partial charge in [0.15, 0.2) is 6.10 Å². The third-order valence-corrected chi connectivity index (χ3v) is 5.12. The van der Waals surface area contributed by atoms with Crippen LogP contribution < -0.4 is 9.47 Å². The van der Waals surface area contributed by atoms with E-state index in [0.29, 0.717) is 33.2 Å². The summed E-state index contributed by atoms with van der Waals surface area (Å²) in [5, 5.41) is 0.550. The number of halogens is 2. The second-order valence-electron chi connectivity index (χ2n) is 6.51. The Hall–Kier alpha value is -2.09. The zero-order valence-corrected chi connectivity index (χ0v) is 18.1. The summed E-state index contributed by atoms with van der Waals surface area (Å²) in [6.45, 7) is 2.53. The lowest BCUT2D eigenvalue weighted by Crippen LogP contribution is -2.28. The van der Waals surface area contributed by atoms with Gasteiger partial charge < -0.3 is 18.9 Å². The van der Waals surface area contributed by atoms with Crippen LogP contribution in [0.1, 0.15) is 30.1 Å². The van der Waals surface area contributed by atoms with Crippen molar-refractivity contribution in [3.8, 4) is 11.5 Å². The number of benzene rings is 2. The van der Waals surface area contributed by atoms with Crippen molar-refractivity contribution >= 4 is 39.5 Å². The topological polar surface area (TPSA) is 71.1 Å². The summed E-state index contributed by atoms with van der Waals surface area (Å²) in [5.74, 6) is -0.234. The van der Waals surface area contributed by atoms with Crippen LogP contribution >= 0.6 is 27.5 Å². The third-order valence-electron chi connectivity index (χ3n) is 4.26. The highest BCUT2D eigenvalue weighted by Crippen LogP contribution is 2.29. The van der Waals surface area contributed by atoms with Gasteiger partial charge in [0.1, 0.15) is 18.1 Å². The maximum Gasteiger partial charge on any atom is 0.352 e. The summed E-state index contributed by atoms with van der Waals surface area (Å²) >= 11 is 9.23. The number of esters is 2.